The number of hydrogen-bond donors (Lipinski definition) is 2. The summed E-state index contributed by atoms with van der Waals surface area (Å²) in [7, 11) is 0. The van der Waals surface area contributed by atoms with E-state index in [1.807, 2.05) is 6.92 Å². The van der Waals surface area contributed by atoms with E-state index < -0.39 is 17.6 Å². The number of aliphatic hydroxyl groups is 2. The molecule has 0 aliphatic heterocycles. The van der Waals surface area contributed by atoms with Gasteiger partial charge in [0.1, 0.15) is 5.78 Å². The molecule has 0 heterocycles. The molecule has 2 N–H and O–H groups in total. The molecule has 3 aliphatic rings. The molecule has 3 heteroatoms. The van der Waals surface area contributed by atoms with Gasteiger partial charge in [0.25, 0.3) is 0 Å². The largest absolute Gasteiger partial charge is 0.390 e. The maximum Gasteiger partial charge on any atom is 0.133 e. The van der Waals surface area contributed by atoms with E-state index in [0.29, 0.717) is 5.92 Å². The van der Waals surface area contributed by atoms with Crippen LogP contribution in [0.25, 0.3) is 0 Å². The lowest BCUT2D eigenvalue weighted by molar-refractivity contribution is -0.231. The van der Waals surface area contributed by atoms with E-state index >= 15 is 0 Å². The topological polar surface area (TPSA) is 57.5 Å². The van der Waals surface area contributed by atoms with Gasteiger partial charge in [-0.15, -0.1) is 0 Å². The molecule has 5 atom stereocenters. The Bertz CT molecular complexity index is 338. The highest BCUT2D eigenvalue weighted by Gasteiger charge is 2.63. The maximum atomic E-state index is 11.8. The van der Waals surface area contributed by atoms with Crippen molar-refractivity contribution in [2.24, 2.45) is 22.7 Å². The van der Waals surface area contributed by atoms with Gasteiger partial charge < -0.3 is 10.2 Å². The molecule has 3 aliphatic carbocycles. The summed E-state index contributed by atoms with van der Waals surface area (Å²) >= 11 is 0. The Morgan fingerprint density at radius 2 is 1.82 bits per heavy atom. The predicted octanol–water partition coefficient (Wildman–Crippen LogP) is 1.76. The van der Waals surface area contributed by atoms with Crippen molar-refractivity contribution >= 4 is 5.78 Å². The Balaban J connectivity index is 2.44. The quantitative estimate of drug-likeness (QED) is 0.773. The zero-order valence-corrected chi connectivity index (χ0v) is 11.2. The van der Waals surface area contributed by atoms with E-state index in [0.717, 1.165) is 19.3 Å². The molecule has 98 valence electrons. The second kappa shape index (κ2) is 3.79. The molecule has 3 nitrogen and oxygen atoms in total. The van der Waals surface area contributed by atoms with Crippen LogP contribution in [0.5, 0.6) is 0 Å². The molecule has 5 unspecified atom stereocenters. The van der Waals surface area contributed by atoms with E-state index in [-0.39, 0.29) is 17.1 Å². The summed E-state index contributed by atoms with van der Waals surface area (Å²) in [6.07, 6.45) is 1.05. The van der Waals surface area contributed by atoms with Crippen LogP contribution in [0, 0.1) is 22.7 Å². The first-order chi connectivity index (χ1) is 7.75. The molecular formula is C14H24O3. The highest BCUT2D eigenvalue weighted by atomic mass is 16.3. The Kier molecular flexibility index (Phi) is 2.91. The number of hydrogen-bond acceptors (Lipinski definition) is 3. The van der Waals surface area contributed by atoms with Gasteiger partial charge in [0.15, 0.2) is 0 Å². The van der Waals surface area contributed by atoms with Crippen molar-refractivity contribution in [1.29, 1.82) is 0 Å². The molecule has 0 aromatic rings. The van der Waals surface area contributed by atoms with Crippen molar-refractivity contribution in [2.75, 3.05) is 0 Å². The summed E-state index contributed by atoms with van der Waals surface area (Å²) in [5.41, 5.74) is -0.699. The average Bonchev–Trinajstić information content (AvgIpc) is 2.25. The first kappa shape index (κ1) is 13.0. The van der Waals surface area contributed by atoms with Gasteiger partial charge in [-0.1, -0.05) is 20.8 Å². The van der Waals surface area contributed by atoms with Gasteiger partial charge in [-0.05, 0) is 32.1 Å². The minimum Gasteiger partial charge on any atom is -0.390 e. The lowest BCUT2D eigenvalue weighted by atomic mass is 9.44. The molecule has 0 amide bonds. The van der Waals surface area contributed by atoms with Gasteiger partial charge in [0.2, 0.25) is 0 Å². The van der Waals surface area contributed by atoms with Crippen LogP contribution in [-0.4, -0.2) is 28.2 Å². The van der Waals surface area contributed by atoms with Crippen molar-refractivity contribution < 1.29 is 15.0 Å². The minimum absolute atomic E-state index is 0.1000. The van der Waals surface area contributed by atoms with Gasteiger partial charge in [0, 0.05) is 16.7 Å². The third kappa shape index (κ3) is 1.52. The smallest absolute Gasteiger partial charge is 0.133 e. The first-order valence-electron chi connectivity index (χ1n) is 6.62. The molecule has 2 bridgehead atoms. The highest BCUT2D eigenvalue weighted by molar-refractivity contribution is 5.79. The fourth-order valence-electron chi connectivity index (χ4n) is 4.16. The molecule has 3 rings (SSSR count). The number of carbonyl (C=O) groups is 1. The lowest BCUT2D eigenvalue weighted by Crippen LogP contribution is -2.66. The van der Waals surface area contributed by atoms with Crippen molar-refractivity contribution in [1.82, 2.24) is 0 Å². The van der Waals surface area contributed by atoms with Crippen molar-refractivity contribution in [3.8, 4) is 0 Å². The van der Waals surface area contributed by atoms with E-state index in [9.17, 15) is 15.0 Å². The molecule has 0 spiro atoms. The third-order valence-corrected chi connectivity index (χ3v) is 5.71. The standard InChI is InChI=1S/C14H24O3/c1-8(2)14-6-5-13(4,11(16)12(14)17)10(7-14)9(3)15/h8,10-12,16-17H,5-7H2,1-4H3. The average molecular weight is 240 g/mol. The van der Waals surface area contributed by atoms with Gasteiger partial charge in [-0.2, -0.15) is 0 Å². The van der Waals surface area contributed by atoms with Crippen LogP contribution in [0.15, 0.2) is 0 Å². The summed E-state index contributed by atoms with van der Waals surface area (Å²) in [6, 6.07) is 0. The summed E-state index contributed by atoms with van der Waals surface area (Å²) in [5, 5.41) is 20.8. The summed E-state index contributed by atoms with van der Waals surface area (Å²) in [4.78, 5) is 11.8. The first-order valence-corrected chi connectivity index (χ1v) is 6.62. The van der Waals surface area contributed by atoms with Gasteiger partial charge in [0.05, 0.1) is 12.2 Å². The fourth-order valence-corrected chi connectivity index (χ4v) is 4.16. The van der Waals surface area contributed by atoms with Crippen LogP contribution < -0.4 is 0 Å². The molecule has 0 aromatic heterocycles. The maximum absolute atomic E-state index is 11.8. The molecule has 0 aromatic carbocycles. The number of ketones is 1. The van der Waals surface area contributed by atoms with Crippen LogP contribution in [0.4, 0.5) is 0 Å². The van der Waals surface area contributed by atoms with E-state index in [4.69, 9.17) is 0 Å². The number of aliphatic hydroxyl groups excluding tert-OH is 2. The minimum atomic E-state index is -0.763. The van der Waals surface area contributed by atoms with Crippen LogP contribution in [0.2, 0.25) is 0 Å². The number of carbonyl (C=O) groups excluding carboxylic acids is 1. The lowest BCUT2D eigenvalue weighted by Gasteiger charge is -2.62. The van der Waals surface area contributed by atoms with Crippen LogP contribution >= 0.6 is 0 Å². The Morgan fingerprint density at radius 1 is 1.24 bits per heavy atom. The summed E-state index contributed by atoms with van der Waals surface area (Å²) in [5.74, 6) is 0.346. The van der Waals surface area contributed by atoms with E-state index in [1.54, 1.807) is 6.92 Å². The number of rotatable bonds is 2. The molecule has 0 saturated heterocycles. The fraction of sp³-hybridized carbons (Fsp3) is 0.929. The Labute approximate surface area is 103 Å². The third-order valence-electron chi connectivity index (χ3n) is 5.71. The van der Waals surface area contributed by atoms with Gasteiger partial charge in [-0.3, -0.25) is 4.79 Å². The van der Waals surface area contributed by atoms with Crippen LogP contribution in [-0.2, 0) is 4.79 Å². The van der Waals surface area contributed by atoms with Crippen molar-refractivity contribution in [3.63, 3.8) is 0 Å². The second-order valence-electron chi connectivity index (χ2n) is 6.65. The predicted molar refractivity (Wildman–Crippen MR) is 65.4 cm³/mol. The number of fused-ring (bicyclic) bond motifs is 3. The van der Waals surface area contributed by atoms with E-state index in [2.05, 4.69) is 13.8 Å². The van der Waals surface area contributed by atoms with E-state index in [1.165, 1.54) is 0 Å². The highest BCUT2D eigenvalue weighted by Crippen LogP contribution is 2.62. The Morgan fingerprint density at radius 3 is 2.29 bits per heavy atom. The van der Waals surface area contributed by atoms with Crippen molar-refractivity contribution in [3.05, 3.63) is 0 Å². The van der Waals surface area contributed by atoms with Crippen LogP contribution in [0.1, 0.15) is 47.0 Å². The zero-order chi connectivity index (χ0) is 13.0. The molecule has 0 radical (unpaired) electrons. The zero-order valence-electron chi connectivity index (χ0n) is 11.2. The number of Topliss-reactive ketones (excluding diaryl/α,β-unsaturated/α-hetero) is 1. The molecular weight excluding hydrogens is 216 g/mol. The van der Waals surface area contributed by atoms with Crippen molar-refractivity contribution in [2.45, 2.75) is 59.2 Å². The normalized spacial score (nSPS) is 49.7. The molecule has 17 heavy (non-hydrogen) atoms. The Hall–Kier alpha value is -0.410. The van der Waals surface area contributed by atoms with Gasteiger partial charge >= 0.3 is 0 Å². The van der Waals surface area contributed by atoms with Crippen LogP contribution in [0.3, 0.4) is 0 Å². The summed E-state index contributed by atoms with van der Waals surface area (Å²) in [6.45, 7) is 7.74. The van der Waals surface area contributed by atoms with Gasteiger partial charge in [-0.25, -0.2) is 0 Å². The molecule has 3 fully saturated rings. The SMILES string of the molecule is CC(=O)C1CC2(C(C)C)CCC1(C)C(O)C2O. The molecule has 3 saturated carbocycles. The summed E-state index contributed by atoms with van der Waals surface area (Å²) < 4.78 is 0. The second-order valence-corrected chi connectivity index (χ2v) is 6.65. The monoisotopic (exact) mass is 240 g/mol.